The number of amides is 4. The number of hydrogen-bond donors (Lipinski definition) is 4. The van der Waals surface area contributed by atoms with Crippen LogP contribution in [0.15, 0.2) is 25.0 Å². The van der Waals surface area contributed by atoms with Crippen molar-refractivity contribution in [1.29, 1.82) is 0 Å². The molecule has 228 valence electrons. The summed E-state index contributed by atoms with van der Waals surface area (Å²) in [4.78, 5) is 55.0. The molecule has 6 atom stereocenters. The monoisotopic (exact) mass is 570 g/mol. The van der Waals surface area contributed by atoms with Gasteiger partial charge < -0.3 is 26.0 Å². The number of nitrogens with one attached hydrogen (secondary N) is 3. The molecule has 9 nitrogen and oxygen atoms in total. The van der Waals surface area contributed by atoms with Gasteiger partial charge >= 0.3 is 0 Å². The molecular weight excluding hydrogens is 520 g/mol. The standard InChI is InChI=1S/C32H50N4O5/c1-11-20-15-32(20,19(2)38)35-24(39)21-16-31(29(9,10)30(31)13-12-14-30)17-36(21)26(41)23(28(6,7)8)34-25(40)22(33-18-37)27(3,4)5/h11,18,20-23,38H,1-2,12-17H2,3-10H3,(H,33,37)(H,34,40)(H,35,39)/t20-,21+,22?,23-,31?,32+/m1/s1. The number of nitrogens with zero attached hydrogens (tertiary/aromatic N) is 1. The highest BCUT2D eigenvalue weighted by molar-refractivity contribution is 5.95. The third kappa shape index (κ3) is 4.49. The van der Waals surface area contributed by atoms with E-state index in [9.17, 15) is 24.3 Å². The van der Waals surface area contributed by atoms with Crippen LogP contribution >= 0.6 is 0 Å². The first-order valence-corrected chi connectivity index (χ1v) is 14.9. The van der Waals surface area contributed by atoms with Crippen LogP contribution < -0.4 is 16.0 Å². The molecule has 0 radical (unpaired) electrons. The lowest BCUT2D eigenvalue weighted by Crippen LogP contribution is -2.62. The lowest BCUT2D eigenvalue weighted by atomic mass is 9.73. The van der Waals surface area contributed by atoms with Gasteiger partial charge in [0.2, 0.25) is 24.1 Å². The maximum absolute atomic E-state index is 14.5. The van der Waals surface area contributed by atoms with Gasteiger partial charge in [-0.25, -0.2) is 0 Å². The average Bonchev–Trinajstić information content (AvgIpc) is 3.54. The van der Waals surface area contributed by atoms with E-state index in [-0.39, 0.29) is 39.7 Å². The zero-order valence-corrected chi connectivity index (χ0v) is 26.1. The molecule has 4 amide bonds. The zero-order chi connectivity index (χ0) is 31.0. The van der Waals surface area contributed by atoms with Crippen LogP contribution in [0.3, 0.4) is 0 Å². The SMILES string of the molecule is C=C[C@@H]1C[C@]1(NC(=O)[C@@H]1CC2(CN1C(=O)[C@@H](NC(=O)C(NC=O)C(C)(C)C)C(C)(C)C)C(C)(C)C21CCC1)C(=C)O. The largest absolute Gasteiger partial charge is 0.510 e. The van der Waals surface area contributed by atoms with Gasteiger partial charge in [-0.2, -0.15) is 0 Å². The second kappa shape index (κ2) is 9.60. The lowest BCUT2D eigenvalue weighted by Gasteiger charge is -2.38. The number of likely N-dealkylation sites (tertiary alicyclic amines) is 1. The van der Waals surface area contributed by atoms with Crippen LogP contribution in [0, 0.1) is 33.0 Å². The number of fused-ring (bicyclic) bond motifs is 1. The van der Waals surface area contributed by atoms with E-state index in [1.807, 2.05) is 41.5 Å². The summed E-state index contributed by atoms with van der Waals surface area (Å²) < 4.78 is 0. The molecule has 2 unspecified atom stereocenters. The van der Waals surface area contributed by atoms with Crippen molar-refractivity contribution in [2.24, 2.45) is 33.0 Å². The van der Waals surface area contributed by atoms with E-state index in [4.69, 9.17) is 0 Å². The number of aliphatic hydroxyl groups excluding tert-OH is 1. The molecule has 0 aromatic carbocycles. The molecule has 4 aliphatic rings. The van der Waals surface area contributed by atoms with Crippen molar-refractivity contribution in [3.8, 4) is 0 Å². The van der Waals surface area contributed by atoms with Gasteiger partial charge in [0, 0.05) is 17.9 Å². The van der Waals surface area contributed by atoms with Crippen LogP contribution in [0.25, 0.3) is 0 Å². The molecule has 2 spiro atoms. The second-order valence-corrected chi connectivity index (χ2v) is 15.7. The van der Waals surface area contributed by atoms with Gasteiger partial charge in [0.05, 0.1) is 0 Å². The van der Waals surface area contributed by atoms with Crippen molar-refractivity contribution in [3.05, 3.63) is 25.0 Å². The number of aliphatic hydroxyl groups is 1. The second-order valence-electron chi connectivity index (χ2n) is 15.7. The summed E-state index contributed by atoms with van der Waals surface area (Å²) in [6, 6.07) is -2.53. The topological polar surface area (TPSA) is 128 Å². The molecule has 3 saturated carbocycles. The van der Waals surface area contributed by atoms with Gasteiger partial charge in [0.1, 0.15) is 29.4 Å². The van der Waals surface area contributed by atoms with Crippen molar-refractivity contribution in [1.82, 2.24) is 20.9 Å². The van der Waals surface area contributed by atoms with Gasteiger partial charge in [-0.15, -0.1) is 6.58 Å². The molecule has 0 aromatic heterocycles. The van der Waals surface area contributed by atoms with E-state index in [2.05, 4.69) is 43.0 Å². The molecule has 3 aliphatic carbocycles. The molecule has 9 heteroatoms. The van der Waals surface area contributed by atoms with E-state index in [0.717, 1.165) is 19.3 Å². The van der Waals surface area contributed by atoms with Gasteiger partial charge in [0.15, 0.2) is 0 Å². The Balaban J connectivity index is 1.67. The Bertz CT molecular complexity index is 1160. The zero-order valence-electron chi connectivity index (χ0n) is 26.1. The lowest BCUT2D eigenvalue weighted by molar-refractivity contribution is -0.145. The number of carbonyl (C=O) groups excluding carboxylic acids is 4. The molecule has 0 bridgehead atoms. The predicted molar refractivity (Wildman–Crippen MR) is 157 cm³/mol. The van der Waals surface area contributed by atoms with Gasteiger partial charge in [-0.1, -0.05) is 74.5 Å². The Morgan fingerprint density at radius 1 is 1.00 bits per heavy atom. The number of carbonyl (C=O) groups is 4. The molecule has 1 saturated heterocycles. The molecule has 4 fully saturated rings. The third-order valence-electron chi connectivity index (χ3n) is 11.3. The maximum Gasteiger partial charge on any atom is 0.246 e. The van der Waals surface area contributed by atoms with Crippen molar-refractivity contribution in [3.63, 3.8) is 0 Å². The van der Waals surface area contributed by atoms with Crippen LogP contribution in [0.5, 0.6) is 0 Å². The minimum absolute atomic E-state index is 0.0288. The molecular formula is C32H50N4O5. The van der Waals surface area contributed by atoms with Crippen molar-refractivity contribution >= 4 is 24.1 Å². The van der Waals surface area contributed by atoms with Crippen molar-refractivity contribution < 1.29 is 24.3 Å². The van der Waals surface area contributed by atoms with Crippen LogP contribution in [0.2, 0.25) is 0 Å². The minimum Gasteiger partial charge on any atom is -0.510 e. The maximum atomic E-state index is 14.5. The normalized spacial score (nSPS) is 32.3. The first kappa shape index (κ1) is 31.1. The van der Waals surface area contributed by atoms with Gasteiger partial charge in [0.25, 0.3) is 0 Å². The summed E-state index contributed by atoms with van der Waals surface area (Å²) >= 11 is 0. The predicted octanol–water partition coefficient (Wildman–Crippen LogP) is 3.61. The highest BCUT2D eigenvalue weighted by atomic mass is 16.3. The summed E-state index contributed by atoms with van der Waals surface area (Å²) in [6.45, 7) is 23.7. The van der Waals surface area contributed by atoms with E-state index >= 15 is 0 Å². The Kier molecular flexibility index (Phi) is 7.28. The molecule has 4 rings (SSSR count). The van der Waals surface area contributed by atoms with Crippen molar-refractivity contribution in [2.45, 2.75) is 111 Å². The summed E-state index contributed by atoms with van der Waals surface area (Å²) in [7, 11) is 0. The Morgan fingerprint density at radius 2 is 1.59 bits per heavy atom. The Morgan fingerprint density at radius 3 is 1.98 bits per heavy atom. The third-order valence-corrected chi connectivity index (χ3v) is 11.3. The van der Waals surface area contributed by atoms with Crippen LogP contribution in [-0.2, 0) is 19.2 Å². The van der Waals surface area contributed by atoms with Crippen LogP contribution in [0.1, 0.15) is 87.5 Å². The van der Waals surface area contributed by atoms with E-state index < -0.39 is 40.4 Å². The molecule has 4 N–H and O–H groups in total. The smallest absolute Gasteiger partial charge is 0.246 e. The summed E-state index contributed by atoms with van der Waals surface area (Å²) in [5, 5.41) is 19.0. The van der Waals surface area contributed by atoms with E-state index in [0.29, 0.717) is 25.8 Å². The molecule has 1 aliphatic heterocycles. The Hall–Kier alpha value is -2.84. The fourth-order valence-corrected chi connectivity index (χ4v) is 8.31. The number of rotatable bonds is 9. The minimum atomic E-state index is -0.964. The first-order chi connectivity index (χ1) is 18.8. The first-order valence-electron chi connectivity index (χ1n) is 14.9. The van der Waals surface area contributed by atoms with Crippen LogP contribution in [0.4, 0.5) is 0 Å². The summed E-state index contributed by atoms with van der Waals surface area (Å²) in [6.07, 6.45) is 6.55. The number of hydrogen-bond acceptors (Lipinski definition) is 5. The highest BCUT2D eigenvalue weighted by Gasteiger charge is 2.85. The quantitative estimate of drug-likeness (QED) is 0.191. The fourth-order valence-electron chi connectivity index (χ4n) is 8.31. The van der Waals surface area contributed by atoms with Crippen LogP contribution in [-0.4, -0.2) is 64.3 Å². The van der Waals surface area contributed by atoms with E-state index in [1.54, 1.807) is 11.0 Å². The highest BCUT2D eigenvalue weighted by Crippen LogP contribution is 2.88. The molecule has 0 aromatic rings. The van der Waals surface area contributed by atoms with Crippen molar-refractivity contribution in [2.75, 3.05) is 6.54 Å². The summed E-state index contributed by atoms with van der Waals surface area (Å²) in [5.41, 5.74) is -2.35. The van der Waals surface area contributed by atoms with E-state index in [1.165, 1.54) is 0 Å². The summed E-state index contributed by atoms with van der Waals surface area (Å²) in [5.74, 6) is -1.32. The Labute approximate surface area is 244 Å². The molecule has 1 heterocycles. The van der Waals surface area contributed by atoms with Gasteiger partial charge in [-0.05, 0) is 47.3 Å². The van der Waals surface area contributed by atoms with Gasteiger partial charge in [-0.3, -0.25) is 19.2 Å². The fraction of sp³-hybridized carbons (Fsp3) is 0.750. The average molecular weight is 571 g/mol. The molecule has 41 heavy (non-hydrogen) atoms.